The molecule has 22 heteroatoms. The highest BCUT2D eigenvalue weighted by Gasteiger charge is 2.43. The normalized spacial score (nSPS) is 15.0. The quantitative estimate of drug-likeness (QED) is 0.0683. The van der Waals surface area contributed by atoms with Crippen LogP contribution in [0.1, 0.15) is 13.8 Å². The van der Waals surface area contributed by atoms with Crippen LogP contribution in [-0.4, -0.2) is 134 Å². The van der Waals surface area contributed by atoms with Crippen LogP contribution in [0, 0.1) is 0 Å². The first-order chi connectivity index (χ1) is 19.4. The zero-order chi connectivity index (χ0) is 32.7. The van der Waals surface area contributed by atoms with Gasteiger partial charge in [0.2, 0.25) is 11.8 Å². The van der Waals surface area contributed by atoms with Gasteiger partial charge in [-0.15, -0.1) is 46.4 Å². The molecule has 0 spiro atoms. The van der Waals surface area contributed by atoms with Crippen LogP contribution < -0.4 is 21.5 Å². The van der Waals surface area contributed by atoms with Crippen LogP contribution >= 0.6 is 68.0 Å². The Labute approximate surface area is 274 Å². The Hall–Kier alpha value is -0.440. The lowest BCUT2D eigenvalue weighted by Crippen LogP contribution is -2.58. The molecule has 0 fully saturated rings. The summed E-state index contributed by atoms with van der Waals surface area (Å²) in [5, 5.41) is 7.24. The van der Waals surface area contributed by atoms with E-state index in [1.165, 1.54) is 10.0 Å². The Balaban J connectivity index is 6.48. The fourth-order valence-corrected chi connectivity index (χ4v) is 12.0. The smallest absolute Gasteiger partial charge is 0.259 e. The van der Waals surface area contributed by atoms with E-state index < -0.39 is 64.6 Å². The van der Waals surface area contributed by atoms with Gasteiger partial charge in [0.15, 0.2) is 19.7 Å². The minimum atomic E-state index is -4.18. The second-order valence-electron chi connectivity index (χ2n) is 8.63. The Morgan fingerprint density at radius 2 is 0.881 bits per heavy atom. The number of rotatable bonds is 21. The molecule has 0 aromatic heterocycles. The monoisotopic (exact) mass is 756 g/mol. The molecule has 0 aliphatic carbocycles. The third-order valence-corrected chi connectivity index (χ3v) is 13.8. The van der Waals surface area contributed by atoms with Gasteiger partial charge in [0.25, 0.3) is 11.8 Å². The molecule has 42 heavy (non-hydrogen) atoms. The molecular weight excluding hydrogens is 722 g/mol. The summed E-state index contributed by atoms with van der Waals surface area (Å²) in [6.45, 7) is 2.71. The predicted octanol–water partition coefficient (Wildman–Crippen LogP) is -0.260. The fourth-order valence-electron chi connectivity index (χ4n) is 3.12. The van der Waals surface area contributed by atoms with Crippen LogP contribution in [0.3, 0.4) is 0 Å². The average Bonchev–Trinajstić information content (AvgIpc) is 2.83. The van der Waals surface area contributed by atoms with Gasteiger partial charge in [0, 0.05) is 76.1 Å². The zero-order valence-electron chi connectivity index (χ0n) is 23.3. The van der Waals surface area contributed by atoms with Gasteiger partial charge in [-0.1, -0.05) is 21.6 Å². The van der Waals surface area contributed by atoms with E-state index in [0.717, 1.165) is 26.4 Å². The van der Waals surface area contributed by atoms with Crippen molar-refractivity contribution in [2.75, 3.05) is 62.2 Å². The largest absolute Gasteiger partial charge is 0.343 e. The van der Waals surface area contributed by atoms with Crippen LogP contribution in [0.4, 0.5) is 0 Å². The van der Waals surface area contributed by atoms with Crippen LogP contribution in [0.15, 0.2) is 0 Å². The first kappa shape index (κ1) is 41.6. The standard InChI is InChI=1S/C20H36Cl4N6O8S4/c1-13(31)25-15(17(33)27-29(9-5-21)10-6-22)19(41(3,35)36)39-40-20(42(4,37)38)16(26-14(2)32)18(34)28-30(11-7-23)12-8-24/h15-16,19-20H,5-12H2,1-4H3,(H,25,31)(H,26,32)(H,27,33)(H,28,34). The van der Waals surface area contributed by atoms with Crippen molar-refractivity contribution < 1.29 is 36.0 Å². The average molecular weight is 759 g/mol. The van der Waals surface area contributed by atoms with E-state index in [2.05, 4.69) is 21.5 Å². The molecule has 0 aliphatic rings. The molecule has 246 valence electrons. The van der Waals surface area contributed by atoms with Crippen molar-refractivity contribution in [2.45, 2.75) is 35.1 Å². The van der Waals surface area contributed by atoms with E-state index >= 15 is 0 Å². The topological polar surface area (TPSA) is 191 Å². The van der Waals surface area contributed by atoms with Crippen molar-refractivity contribution in [2.24, 2.45) is 0 Å². The van der Waals surface area contributed by atoms with Crippen molar-refractivity contribution >= 4 is 111 Å². The molecule has 0 aliphatic heterocycles. The third kappa shape index (κ3) is 16.0. The van der Waals surface area contributed by atoms with Gasteiger partial charge in [-0.05, 0) is 0 Å². The molecule has 14 nitrogen and oxygen atoms in total. The van der Waals surface area contributed by atoms with E-state index in [1.54, 1.807) is 0 Å². The van der Waals surface area contributed by atoms with Gasteiger partial charge >= 0.3 is 0 Å². The number of amides is 4. The number of hydrazine groups is 2. The molecule has 4 unspecified atom stereocenters. The van der Waals surface area contributed by atoms with Crippen LogP contribution in [-0.2, 0) is 38.9 Å². The number of carbonyl (C=O) groups excluding carboxylic acids is 4. The van der Waals surface area contributed by atoms with Gasteiger partial charge in [-0.2, -0.15) is 0 Å². The summed E-state index contributed by atoms with van der Waals surface area (Å²) < 4.78 is 48.0. The van der Waals surface area contributed by atoms with Gasteiger partial charge in [0.05, 0.1) is 0 Å². The Morgan fingerprint density at radius 1 is 0.619 bits per heavy atom. The van der Waals surface area contributed by atoms with Crippen molar-refractivity contribution in [3.05, 3.63) is 0 Å². The lowest BCUT2D eigenvalue weighted by atomic mass is 10.3. The molecule has 0 saturated carbocycles. The number of alkyl halides is 4. The van der Waals surface area contributed by atoms with Crippen molar-refractivity contribution in [3.8, 4) is 0 Å². The summed E-state index contributed by atoms with van der Waals surface area (Å²) in [5.74, 6) is -2.98. The zero-order valence-corrected chi connectivity index (χ0v) is 29.6. The summed E-state index contributed by atoms with van der Waals surface area (Å²) in [6.07, 6.45) is 1.60. The summed E-state index contributed by atoms with van der Waals surface area (Å²) in [5.41, 5.74) is 4.93. The number of sulfone groups is 2. The molecule has 0 aromatic carbocycles. The van der Waals surface area contributed by atoms with E-state index in [0.29, 0.717) is 21.6 Å². The van der Waals surface area contributed by atoms with Crippen LogP contribution in [0.25, 0.3) is 0 Å². The highest BCUT2D eigenvalue weighted by Crippen LogP contribution is 2.39. The maximum Gasteiger partial charge on any atom is 0.259 e. The van der Waals surface area contributed by atoms with Gasteiger partial charge < -0.3 is 10.6 Å². The molecule has 0 saturated heterocycles. The molecule has 4 N–H and O–H groups in total. The summed E-state index contributed by atoms with van der Waals surface area (Å²) >= 11 is 23.0. The van der Waals surface area contributed by atoms with Crippen LogP contribution in [0.5, 0.6) is 0 Å². The first-order valence-electron chi connectivity index (χ1n) is 12.0. The number of hydrogen-bond acceptors (Lipinski definition) is 12. The van der Waals surface area contributed by atoms with E-state index in [1.807, 2.05) is 0 Å². The molecule has 0 aromatic rings. The molecule has 0 rings (SSSR count). The van der Waals surface area contributed by atoms with Gasteiger partial charge in [-0.25, -0.2) is 26.9 Å². The molecule has 4 atom stereocenters. The summed E-state index contributed by atoms with van der Waals surface area (Å²) in [6, 6.07) is -3.42. The molecular formula is C20H36Cl4N6O8S4. The highest BCUT2D eigenvalue weighted by atomic mass is 35.5. The second kappa shape index (κ2) is 20.6. The number of nitrogens with zero attached hydrogens (tertiary/aromatic N) is 2. The summed E-state index contributed by atoms with van der Waals surface area (Å²) in [4.78, 5) is 50.3. The number of carbonyl (C=O) groups is 4. The van der Waals surface area contributed by atoms with Gasteiger partial charge in [-0.3, -0.25) is 30.0 Å². The van der Waals surface area contributed by atoms with Crippen LogP contribution in [0.2, 0.25) is 0 Å². The van der Waals surface area contributed by atoms with E-state index in [9.17, 15) is 36.0 Å². The van der Waals surface area contributed by atoms with Crippen molar-refractivity contribution in [1.29, 1.82) is 0 Å². The van der Waals surface area contributed by atoms with E-state index in [-0.39, 0.29) is 49.7 Å². The molecule has 0 bridgehead atoms. The van der Waals surface area contributed by atoms with E-state index in [4.69, 9.17) is 46.4 Å². The highest BCUT2D eigenvalue weighted by molar-refractivity contribution is 8.79. The lowest BCUT2D eigenvalue weighted by molar-refractivity contribution is -0.131. The Morgan fingerprint density at radius 3 is 1.07 bits per heavy atom. The second-order valence-corrected chi connectivity index (χ2v) is 17.6. The molecule has 0 heterocycles. The third-order valence-electron chi connectivity index (χ3n) is 4.87. The maximum absolute atomic E-state index is 13.2. The Bertz CT molecular complexity index is 1020. The number of nitrogens with one attached hydrogen (secondary N) is 4. The fraction of sp³-hybridized carbons (Fsp3) is 0.800. The Kier molecular flexibility index (Phi) is 20.3. The van der Waals surface area contributed by atoms with Crippen molar-refractivity contribution in [1.82, 2.24) is 31.5 Å². The maximum atomic E-state index is 13.2. The summed E-state index contributed by atoms with van der Waals surface area (Å²) in [7, 11) is -7.52. The molecule has 0 radical (unpaired) electrons. The minimum Gasteiger partial charge on any atom is -0.343 e. The SMILES string of the molecule is CC(=O)NC(C(=O)NN(CCCl)CCCl)C(SSC(C(NC(C)=O)C(=O)NN(CCCl)CCCl)S(C)(=O)=O)S(C)(=O)=O. The minimum absolute atomic E-state index is 0.0952. The number of halogens is 4. The van der Waals surface area contributed by atoms with Crippen molar-refractivity contribution in [3.63, 3.8) is 0 Å². The predicted molar refractivity (Wildman–Crippen MR) is 170 cm³/mol. The van der Waals surface area contributed by atoms with Gasteiger partial charge in [0.1, 0.15) is 21.2 Å². The number of hydrogen-bond donors (Lipinski definition) is 4. The first-order valence-corrected chi connectivity index (χ1v) is 20.3. The lowest BCUT2D eigenvalue weighted by Gasteiger charge is -2.31. The molecule has 4 amide bonds.